The highest BCUT2D eigenvalue weighted by atomic mass is 16.3. The summed E-state index contributed by atoms with van der Waals surface area (Å²) in [6.45, 7) is 4.27. The molecule has 1 saturated carbocycles. The number of hydrogen-bond acceptors (Lipinski definition) is 4. The van der Waals surface area contributed by atoms with Crippen LogP contribution in [0.2, 0.25) is 0 Å². The highest BCUT2D eigenvalue weighted by Crippen LogP contribution is 2.38. The number of benzene rings is 1. The quantitative estimate of drug-likeness (QED) is 0.620. The van der Waals surface area contributed by atoms with Gasteiger partial charge in [0, 0.05) is 23.7 Å². The van der Waals surface area contributed by atoms with Crippen LogP contribution in [-0.4, -0.2) is 39.0 Å². The average Bonchev–Trinajstić information content (AvgIpc) is 3.31. The van der Waals surface area contributed by atoms with Crippen molar-refractivity contribution in [3.8, 4) is 11.4 Å². The van der Waals surface area contributed by atoms with Crippen molar-refractivity contribution in [2.24, 2.45) is 5.92 Å². The van der Waals surface area contributed by atoms with Gasteiger partial charge in [0.1, 0.15) is 5.82 Å². The molecule has 0 radical (unpaired) electrons. The number of rotatable bonds is 7. The zero-order valence-electron chi connectivity index (χ0n) is 14.6. The molecule has 0 aliphatic heterocycles. The molecule has 4 N–H and O–H groups in total. The Morgan fingerprint density at radius 3 is 2.68 bits per heavy atom. The van der Waals surface area contributed by atoms with E-state index in [1.807, 2.05) is 31.2 Å². The third kappa shape index (κ3) is 5.03. The number of amides is 2. The minimum atomic E-state index is -0.358. The van der Waals surface area contributed by atoms with Gasteiger partial charge < -0.3 is 15.7 Å². The minimum absolute atomic E-state index is 0.222. The van der Waals surface area contributed by atoms with Crippen LogP contribution >= 0.6 is 0 Å². The normalized spacial score (nSPS) is 16.3. The first-order chi connectivity index (χ1) is 12.0. The number of carbonyl (C=O) groups excluding carboxylic acids is 1. The van der Waals surface area contributed by atoms with Gasteiger partial charge in [0.25, 0.3) is 0 Å². The number of H-pyrrole nitrogens is 1. The summed E-state index contributed by atoms with van der Waals surface area (Å²) in [6, 6.07) is 7.21. The van der Waals surface area contributed by atoms with Crippen LogP contribution in [0, 0.1) is 5.92 Å². The monoisotopic (exact) mass is 343 g/mol. The Morgan fingerprint density at radius 1 is 1.32 bits per heavy atom. The summed E-state index contributed by atoms with van der Waals surface area (Å²) in [6.07, 6.45) is 2.67. The van der Waals surface area contributed by atoms with Crippen LogP contribution in [0.15, 0.2) is 24.3 Å². The van der Waals surface area contributed by atoms with E-state index in [0.717, 1.165) is 11.4 Å². The molecule has 1 heterocycles. The predicted octanol–water partition coefficient (Wildman–Crippen LogP) is 2.88. The maximum atomic E-state index is 11.9. The van der Waals surface area contributed by atoms with E-state index >= 15 is 0 Å². The summed E-state index contributed by atoms with van der Waals surface area (Å²) in [5, 5.41) is 22.2. The third-order valence-electron chi connectivity index (χ3n) is 4.22. The Hall–Kier alpha value is -2.41. The van der Waals surface area contributed by atoms with E-state index < -0.39 is 0 Å². The molecule has 1 aromatic heterocycles. The van der Waals surface area contributed by atoms with Gasteiger partial charge in [-0.15, -0.1) is 0 Å². The van der Waals surface area contributed by atoms with Crippen LogP contribution < -0.4 is 10.6 Å². The largest absolute Gasteiger partial charge is 0.393 e. The lowest BCUT2D eigenvalue weighted by molar-refractivity contribution is 0.163. The SMILES string of the molecule is C[C@H](CNC(=O)Nc1ccc(-c2n[nH]c(C3CC3)n2)cc1)C[C@H](C)O. The first-order valence-electron chi connectivity index (χ1n) is 8.77. The van der Waals surface area contributed by atoms with Crippen LogP contribution in [0.3, 0.4) is 0 Å². The summed E-state index contributed by atoms with van der Waals surface area (Å²) < 4.78 is 0. The number of carbonyl (C=O) groups is 1. The molecule has 7 heteroatoms. The zero-order valence-corrected chi connectivity index (χ0v) is 14.6. The van der Waals surface area contributed by atoms with Crippen molar-refractivity contribution in [2.75, 3.05) is 11.9 Å². The molecule has 25 heavy (non-hydrogen) atoms. The van der Waals surface area contributed by atoms with Gasteiger partial charge in [-0.2, -0.15) is 5.10 Å². The summed E-state index contributed by atoms with van der Waals surface area (Å²) in [5.74, 6) is 2.41. The van der Waals surface area contributed by atoms with Crippen LogP contribution in [0.5, 0.6) is 0 Å². The lowest BCUT2D eigenvalue weighted by atomic mass is 10.1. The molecule has 0 spiro atoms. The van der Waals surface area contributed by atoms with Crippen molar-refractivity contribution in [3.63, 3.8) is 0 Å². The van der Waals surface area contributed by atoms with E-state index in [1.54, 1.807) is 6.92 Å². The number of aliphatic hydroxyl groups excluding tert-OH is 1. The van der Waals surface area contributed by atoms with Gasteiger partial charge in [-0.05, 0) is 56.4 Å². The Bertz CT molecular complexity index is 707. The van der Waals surface area contributed by atoms with Crippen LogP contribution in [0.1, 0.15) is 44.9 Å². The number of hydrogen-bond donors (Lipinski definition) is 4. The summed E-state index contributed by atoms with van der Waals surface area (Å²) >= 11 is 0. The number of anilines is 1. The van der Waals surface area contributed by atoms with Crippen LogP contribution in [0.25, 0.3) is 11.4 Å². The minimum Gasteiger partial charge on any atom is -0.393 e. The first-order valence-corrected chi connectivity index (χ1v) is 8.77. The predicted molar refractivity (Wildman–Crippen MR) is 96.3 cm³/mol. The number of aliphatic hydroxyl groups is 1. The van der Waals surface area contributed by atoms with Gasteiger partial charge in [-0.1, -0.05) is 6.92 Å². The lowest BCUT2D eigenvalue weighted by Crippen LogP contribution is -2.33. The van der Waals surface area contributed by atoms with Gasteiger partial charge in [0.2, 0.25) is 0 Å². The second-order valence-electron chi connectivity index (χ2n) is 6.92. The number of nitrogens with one attached hydrogen (secondary N) is 3. The second-order valence-corrected chi connectivity index (χ2v) is 6.92. The molecular formula is C18H25N5O2. The fourth-order valence-corrected chi connectivity index (χ4v) is 2.75. The average molecular weight is 343 g/mol. The van der Waals surface area contributed by atoms with E-state index in [0.29, 0.717) is 30.4 Å². The van der Waals surface area contributed by atoms with Gasteiger partial charge >= 0.3 is 6.03 Å². The van der Waals surface area contributed by atoms with Crippen LogP contribution in [-0.2, 0) is 0 Å². The Labute approximate surface area is 147 Å². The molecule has 134 valence electrons. The fraction of sp³-hybridized carbons (Fsp3) is 0.500. The van der Waals surface area contributed by atoms with Crippen molar-refractivity contribution in [1.29, 1.82) is 0 Å². The van der Waals surface area contributed by atoms with Gasteiger partial charge in [0.15, 0.2) is 5.82 Å². The Kier molecular flexibility index (Phi) is 5.33. The van der Waals surface area contributed by atoms with Crippen molar-refractivity contribution >= 4 is 11.7 Å². The smallest absolute Gasteiger partial charge is 0.319 e. The molecule has 0 unspecified atom stereocenters. The highest BCUT2D eigenvalue weighted by Gasteiger charge is 2.27. The molecule has 2 aromatic rings. The van der Waals surface area contributed by atoms with Crippen LogP contribution in [0.4, 0.5) is 10.5 Å². The summed E-state index contributed by atoms with van der Waals surface area (Å²) in [5.41, 5.74) is 1.63. The van der Waals surface area contributed by atoms with E-state index in [2.05, 4.69) is 25.8 Å². The standard InChI is InChI=1S/C18H25N5O2/c1-11(9-12(2)24)10-19-18(25)20-15-7-5-14(6-8-15)17-21-16(22-23-17)13-3-4-13/h5-8,11-13,24H,3-4,9-10H2,1-2H3,(H2,19,20,25)(H,21,22,23)/t11-,12-/m0/s1. The molecule has 0 bridgehead atoms. The number of nitrogens with zero attached hydrogens (tertiary/aromatic N) is 2. The molecule has 0 saturated heterocycles. The summed E-state index contributed by atoms with van der Waals surface area (Å²) in [7, 11) is 0. The topological polar surface area (TPSA) is 103 Å². The molecule has 3 rings (SSSR count). The summed E-state index contributed by atoms with van der Waals surface area (Å²) in [4.78, 5) is 16.4. The molecular weight excluding hydrogens is 318 g/mol. The molecule has 1 aromatic carbocycles. The lowest BCUT2D eigenvalue weighted by Gasteiger charge is -2.14. The third-order valence-corrected chi connectivity index (χ3v) is 4.22. The maximum Gasteiger partial charge on any atom is 0.319 e. The van der Waals surface area contributed by atoms with Crippen molar-refractivity contribution in [3.05, 3.63) is 30.1 Å². The zero-order chi connectivity index (χ0) is 17.8. The number of urea groups is 1. The molecule has 2 amide bonds. The van der Waals surface area contributed by atoms with E-state index in [1.165, 1.54) is 12.8 Å². The molecule has 1 aliphatic carbocycles. The Morgan fingerprint density at radius 2 is 2.04 bits per heavy atom. The number of aromatic amines is 1. The van der Waals surface area contributed by atoms with Gasteiger partial charge in [0.05, 0.1) is 6.10 Å². The molecule has 1 aliphatic rings. The van der Waals surface area contributed by atoms with Crippen molar-refractivity contribution in [1.82, 2.24) is 20.5 Å². The van der Waals surface area contributed by atoms with E-state index in [-0.39, 0.29) is 18.1 Å². The first kappa shape index (κ1) is 17.4. The highest BCUT2D eigenvalue weighted by molar-refractivity contribution is 5.89. The molecule has 1 fully saturated rings. The maximum absolute atomic E-state index is 11.9. The van der Waals surface area contributed by atoms with Crippen molar-refractivity contribution in [2.45, 2.75) is 45.1 Å². The second kappa shape index (κ2) is 7.65. The van der Waals surface area contributed by atoms with Gasteiger partial charge in [-0.25, -0.2) is 9.78 Å². The van der Waals surface area contributed by atoms with E-state index in [4.69, 9.17) is 0 Å². The van der Waals surface area contributed by atoms with E-state index in [9.17, 15) is 9.90 Å². The molecule has 2 atom stereocenters. The number of aromatic nitrogens is 3. The molecule has 7 nitrogen and oxygen atoms in total. The van der Waals surface area contributed by atoms with Gasteiger partial charge in [-0.3, -0.25) is 5.10 Å². The Balaban J connectivity index is 1.50. The fourth-order valence-electron chi connectivity index (χ4n) is 2.75. The van der Waals surface area contributed by atoms with Crippen molar-refractivity contribution < 1.29 is 9.90 Å².